The topological polar surface area (TPSA) is 58.4 Å². The first-order valence-electron chi connectivity index (χ1n) is 7.80. The van der Waals surface area contributed by atoms with Gasteiger partial charge in [-0.3, -0.25) is 9.69 Å². The molecule has 7 heteroatoms. The van der Waals surface area contributed by atoms with E-state index in [1.165, 1.54) is 5.56 Å². The minimum absolute atomic E-state index is 0. The number of hydrogen-bond donors (Lipinski definition) is 2. The van der Waals surface area contributed by atoms with Crippen molar-refractivity contribution < 1.29 is 4.79 Å². The van der Waals surface area contributed by atoms with E-state index in [1.54, 1.807) is 18.2 Å². The number of anilines is 1. The summed E-state index contributed by atoms with van der Waals surface area (Å²) in [4.78, 5) is 14.4. The maximum absolute atomic E-state index is 12.3. The van der Waals surface area contributed by atoms with Crippen LogP contribution in [0.1, 0.15) is 11.5 Å². The van der Waals surface area contributed by atoms with Gasteiger partial charge in [0.05, 0.1) is 17.3 Å². The van der Waals surface area contributed by atoms with Crippen molar-refractivity contribution in [1.29, 1.82) is 0 Å². The third-order valence-corrected chi connectivity index (χ3v) is 4.80. The van der Waals surface area contributed by atoms with Crippen LogP contribution in [0.4, 0.5) is 5.69 Å². The molecule has 1 amide bonds. The quantitative estimate of drug-likeness (QED) is 0.821. The Balaban J connectivity index is 0.00000225. The average Bonchev–Trinajstić information content (AvgIpc) is 2.92. The molecule has 1 heterocycles. The molecule has 0 aliphatic carbocycles. The molecule has 134 valence electrons. The summed E-state index contributed by atoms with van der Waals surface area (Å²) in [6.07, 6.45) is 0. The van der Waals surface area contributed by atoms with E-state index in [0.29, 0.717) is 22.3 Å². The number of benzene rings is 2. The molecular weight excluding hydrogens is 381 g/mol. The van der Waals surface area contributed by atoms with Gasteiger partial charge in [-0.05, 0) is 23.8 Å². The fraction of sp³-hybridized carbons (Fsp3) is 0.278. The number of rotatable bonds is 4. The molecule has 0 saturated carbocycles. The minimum Gasteiger partial charge on any atom is -0.326 e. The molecule has 1 aliphatic rings. The van der Waals surface area contributed by atoms with Crippen molar-refractivity contribution in [3.05, 3.63) is 64.1 Å². The maximum Gasteiger partial charge on any atom is 0.238 e. The van der Waals surface area contributed by atoms with Gasteiger partial charge in [-0.2, -0.15) is 0 Å². The predicted molar refractivity (Wildman–Crippen MR) is 106 cm³/mol. The minimum atomic E-state index is -0.125. The second kappa shape index (κ2) is 8.88. The highest BCUT2D eigenvalue weighted by molar-refractivity contribution is 6.35. The number of halogens is 3. The molecule has 2 aromatic rings. The molecule has 0 spiro atoms. The summed E-state index contributed by atoms with van der Waals surface area (Å²) in [5.41, 5.74) is 8.00. The van der Waals surface area contributed by atoms with Crippen molar-refractivity contribution in [2.24, 2.45) is 5.73 Å². The number of likely N-dealkylation sites (tertiary alicyclic amines) is 1. The van der Waals surface area contributed by atoms with E-state index in [0.717, 1.165) is 6.54 Å². The van der Waals surface area contributed by atoms with Crippen LogP contribution < -0.4 is 11.1 Å². The lowest BCUT2D eigenvalue weighted by atomic mass is 9.95. The van der Waals surface area contributed by atoms with Crippen LogP contribution >= 0.6 is 35.6 Å². The average molecular weight is 401 g/mol. The predicted octanol–water partition coefficient (Wildman–Crippen LogP) is 3.78. The van der Waals surface area contributed by atoms with Crippen molar-refractivity contribution in [3.8, 4) is 0 Å². The lowest BCUT2D eigenvalue weighted by Crippen LogP contribution is -2.33. The number of carbonyl (C=O) groups excluding carboxylic acids is 1. The number of carbonyl (C=O) groups is 1. The second-order valence-electron chi connectivity index (χ2n) is 6.05. The molecule has 2 atom stereocenters. The largest absolute Gasteiger partial charge is 0.326 e. The SMILES string of the molecule is Cl.N[C@@H]1CN(CC(=O)Nc2cc(Cl)ccc2Cl)C[C@H]1c1ccccc1. The Morgan fingerprint density at radius 1 is 1.16 bits per heavy atom. The van der Waals surface area contributed by atoms with Crippen molar-refractivity contribution in [2.75, 3.05) is 25.0 Å². The van der Waals surface area contributed by atoms with Gasteiger partial charge in [-0.1, -0.05) is 53.5 Å². The normalized spacial score (nSPS) is 20.1. The van der Waals surface area contributed by atoms with Gasteiger partial charge >= 0.3 is 0 Å². The summed E-state index contributed by atoms with van der Waals surface area (Å²) in [6.45, 7) is 1.73. The van der Waals surface area contributed by atoms with Gasteiger partial charge in [0.25, 0.3) is 0 Å². The zero-order chi connectivity index (χ0) is 17.1. The van der Waals surface area contributed by atoms with Gasteiger partial charge in [0.2, 0.25) is 5.91 Å². The lowest BCUT2D eigenvalue weighted by molar-refractivity contribution is -0.117. The van der Waals surface area contributed by atoms with Crippen LogP contribution in [0.2, 0.25) is 10.0 Å². The van der Waals surface area contributed by atoms with Crippen LogP contribution in [0.15, 0.2) is 48.5 Å². The molecule has 1 saturated heterocycles. The molecular formula is C18H20Cl3N3O. The fourth-order valence-corrected chi connectivity index (χ4v) is 3.42. The summed E-state index contributed by atoms with van der Waals surface area (Å²) in [7, 11) is 0. The first-order valence-corrected chi connectivity index (χ1v) is 8.56. The van der Waals surface area contributed by atoms with Gasteiger partial charge in [-0.25, -0.2) is 0 Å². The Labute approximate surface area is 163 Å². The van der Waals surface area contributed by atoms with E-state index in [4.69, 9.17) is 28.9 Å². The van der Waals surface area contributed by atoms with Crippen LogP contribution in [-0.2, 0) is 4.79 Å². The first-order chi connectivity index (χ1) is 11.5. The number of nitrogens with zero attached hydrogens (tertiary/aromatic N) is 1. The fourth-order valence-electron chi connectivity index (χ4n) is 3.08. The van der Waals surface area contributed by atoms with E-state index in [-0.39, 0.29) is 36.8 Å². The van der Waals surface area contributed by atoms with E-state index in [9.17, 15) is 4.79 Å². The van der Waals surface area contributed by atoms with E-state index >= 15 is 0 Å². The Morgan fingerprint density at radius 2 is 1.88 bits per heavy atom. The number of nitrogens with two attached hydrogens (primary N) is 1. The van der Waals surface area contributed by atoms with E-state index < -0.39 is 0 Å². The second-order valence-corrected chi connectivity index (χ2v) is 6.89. The molecule has 4 nitrogen and oxygen atoms in total. The monoisotopic (exact) mass is 399 g/mol. The van der Waals surface area contributed by atoms with Crippen LogP contribution in [0, 0.1) is 0 Å². The van der Waals surface area contributed by atoms with Crippen LogP contribution in [-0.4, -0.2) is 36.5 Å². The summed E-state index contributed by atoms with van der Waals surface area (Å²) in [5, 5.41) is 3.80. The van der Waals surface area contributed by atoms with Crippen LogP contribution in [0.25, 0.3) is 0 Å². The molecule has 25 heavy (non-hydrogen) atoms. The Kier molecular flexibility index (Phi) is 7.11. The van der Waals surface area contributed by atoms with Crippen LogP contribution in [0.3, 0.4) is 0 Å². The number of nitrogens with one attached hydrogen (secondary N) is 1. The highest BCUT2D eigenvalue weighted by Crippen LogP contribution is 2.27. The molecule has 1 fully saturated rings. The van der Waals surface area contributed by atoms with Crippen molar-refractivity contribution in [1.82, 2.24) is 4.90 Å². The standard InChI is InChI=1S/C18H19Cl2N3O.ClH/c19-13-6-7-15(20)17(8-13)22-18(24)11-23-9-14(16(21)10-23)12-4-2-1-3-5-12;/h1-8,14,16H,9-11,21H2,(H,22,24);1H/t14-,16+;/m0./s1. The molecule has 1 aliphatic heterocycles. The van der Waals surface area contributed by atoms with Crippen LogP contribution in [0.5, 0.6) is 0 Å². The van der Waals surface area contributed by atoms with E-state index in [2.05, 4.69) is 22.3 Å². The lowest BCUT2D eigenvalue weighted by Gasteiger charge is -2.16. The summed E-state index contributed by atoms with van der Waals surface area (Å²) < 4.78 is 0. The van der Waals surface area contributed by atoms with Gasteiger partial charge in [0.15, 0.2) is 0 Å². The molecule has 0 bridgehead atoms. The van der Waals surface area contributed by atoms with Gasteiger partial charge in [-0.15, -0.1) is 12.4 Å². The maximum atomic E-state index is 12.3. The van der Waals surface area contributed by atoms with Crippen molar-refractivity contribution in [2.45, 2.75) is 12.0 Å². The van der Waals surface area contributed by atoms with Crippen molar-refractivity contribution in [3.63, 3.8) is 0 Å². The molecule has 0 unspecified atom stereocenters. The highest BCUT2D eigenvalue weighted by atomic mass is 35.5. The molecule has 2 aromatic carbocycles. The third-order valence-electron chi connectivity index (χ3n) is 4.24. The summed E-state index contributed by atoms with van der Waals surface area (Å²) in [5.74, 6) is 0.119. The van der Waals surface area contributed by atoms with Gasteiger partial charge < -0.3 is 11.1 Å². The summed E-state index contributed by atoms with van der Waals surface area (Å²) in [6, 6.07) is 15.2. The highest BCUT2D eigenvalue weighted by Gasteiger charge is 2.32. The van der Waals surface area contributed by atoms with Gasteiger partial charge in [0, 0.05) is 30.1 Å². The van der Waals surface area contributed by atoms with E-state index in [1.807, 2.05) is 18.2 Å². The number of hydrogen-bond acceptors (Lipinski definition) is 3. The molecule has 0 aromatic heterocycles. The van der Waals surface area contributed by atoms with Gasteiger partial charge in [0.1, 0.15) is 0 Å². The zero-order valence-electron chi connectivity index (χ0n) is 13.5. The zero-order valence-corrected chi connectivity index (χ0v) is 15.8. The molecule has 3 rings (SSSR count). The first kappa shape index (κ1) is 20.0. The third kappa shape index (κ3) is 5.09. The summed E-state index contributed by atoms with van der Waals surface area (Å²) >= 11 is 12.0. The Bertz CT molecular complexity index is 727. The Hall–Kier alpha value is -1.30. The Morgan fingerprint density at radius 3 is 2.60 bits per heavy atom. The van der Waals surface area contributed by atoms with Crippen molar-refractivity contribution >= 4 is 47.2 Å². The smallest absolute Gasteiger partial charge is 0.238 e. The molecule has 3 N–H and O–H groups in total. The number of amides is 1. The molecule has 0 radical (unpaired) electrons.